The first-order valence-corrected chi connectivity index (χ1v) is 17.8. The second-order valence-electron chi connectivity index (χ2n) is 12.9. The third-order valence-electron chi connectivity index (χ3n) is 10.1. The number of anilines is 3. The molecule has 0 bridgehead atoms. The minimum Gasteiger partial charge on any atom is -0.333 e. The lowest BCUT2D eigenvalue weighted by Crippen LogP contribution is -2.10. The smallest absolute Gasteiger partial charge is 0.0640 e. The number of thiophene rings is 1. The molecule has 0 saturated heterocycles. The highest BCUT2D eigenvalue weighted by Gasteiger charge is 2.21. The molecule has 1 unspecified atom stereocenters. The molecule has 0 N–H and O–H groups in total. The van der Waals surface area contributed by atoms with E-state index in [-0.39, 0.29) is 6.04 Å². The van der Waals surface area contributed by atoms with Crippen LogP contribution in [-0.4, -0.2) is 4.57 Å². The van der Waals surface area contributed by atoms with Gasteiger partial charge in [0.15, 0.2) is 0 Å². The average molecular weight is 645 g/mol. The van der Waals surface area contributed by atoms with Crippen LogP contribution < -0.4 is 4.90 Å². The lowest BCUT2D eigenvalue weighted by Gasteiger charge is -2.26. The summed E-state index contributed by atoms with van der Waals surface area (Å²) in [5.41, 5.74) is 8.60. The van der Waals surface area contributed by atoms with E-state index < -0.39 is 0 Å². The van der Waals surface area contributed by atoms with Crippen LogP contribution in [0.1, 0.15) is 18.0 Å². The zero-order chi connectivity index (χ0) is 32.3. The van der Waals surface area contributed by atoms with Gasteiger partial charge in [0, 0.05) is 43.1 Å². The molecule has 2 heterocycles. The first kappa shape index (κ1) is 28.1. The van der Waals surface area contributed by atoms with Crippen LogP contribution >= 0.6 is 11.3 Å². The molecule has 0 radical (unpaired) electrons. The number of benzene rings is 7. The number of hydrogen-bond acceptors (Lipinski definition) is 2. The van der Waals surface area contributed by atoms with Gasteiger partial charge in [-0.05, 0) is 76.9 Å². The fourth-order valence-corrected chi connectivity index (χ4v) is 9.06. The standard InChI is InChI=1S/C46H32N2S/c1-2-12-34(13-3-1)47(43-19-10-17-39-38-15-7-9-20-44(38)49-46(39)43)35-26-21-31(22-27-35)32-23-28-36(29-24-32)48-41-18-8-6-16-40(41)45-37-14-5-4-11-33(37)25-30-42(45)48/h1-28,30,36H,29H2. The van der Waals surface area contributed by atoms with Crippen LogP contribution in [0.25, 0.3) is 58.3 Å². The maximum Gasteiger partial charge on any atom is 0.0640 e. The van der Waals surface area contributed by atoms with E-state index in [2.05, 4.69) is 185 Å². The predicted molar refractivity (Wildman–Crippen MR) is 212 cm³/mol. The van der Waals surface area contributed by atoms with Crippen molar-refractivity contribution in [2.75, 3.05) is 4.90 Å². The summed E-state index contributed by atoms with van der Waals surface area (Å²) in [5, 5.41) is 7.90. The Hall–Kier alpha value is -5.90. The topological polar surface area (TPSA) is 8.17 Å². The number of nitrogens with zero attached hydrogens (tertiary/aromatic N) is 2. The fraction of sp³-hybridized carbons (Fsp3) is 0.0435. The number of hydrogen-bond donors (Lipinski definition) is 0. The van der Waals surface area contributed by atoms with E-state index in [9.17, 15) is 0 Å². The van der Waals surface area contributed by atoms with E-state index in [1.165, 1.54) is 69.6 Å². The summed E-state index contributed by atoms with van der Waals surface area (Å²) in [7, 11) is 0. The van der Waals surface area contributed by atoms with Crippen LogP contribution in [-0.2, 0) is 0 Å². The first-order valence-electron chi connectivity index (χ1n) is 17.0. The van der Waals surface area contributed by atoms with Crippen LogP contribution in [0.2, 0.25) is 0 Å². The molecule has 49 heavy (non-hydrogen) atoms. The van der Waals surface area contributed by atoms with E-state index in [0.717, 1.165) is 17.8 Å². The summed E-state index contributed by atoms with van der Waals surface area (Å²) in [6, 6.07) is 57.7. The van der Waals surface area contributed by atoms with Crippen molar-refractivity contribution in [2.24, 2.45) is 0 Å². The Balaban J connectivity index is 1.01. The van der Waals surface area contributed by atoms with Gasteiger partial charge in [0.1, 0.15) is 0 Å². The van der Waals surface area contributed by atoms with Crippen LogP contribution in [0, 0.1) is 0 Å². The molecule has 0 aliphatic heterocycles. The molecule has 1 aliphatic carbocycles. The molecule has 232 valence electrons. The predicted octanol–water partition coefficient (Wildman–Crippen LogP) is 13.4. The number of allylic oxidation sites excluding steroid dienone is 4. The first-order chi connectivity index (χ1) is 24.3. The van der Waals surface area contributed by atoms with Gasteiger partial charge in [-0.25, -0.2) is 0 Å². The molecule has 0 saturated carbocycles. The number of rotatable bonds is 5. The second-order valence-corrected chi connectivity index (χ2v) is 13.9. The summed E-state index contributed by atoms with van der Waals surface area (Å²) >= 11 is 1.87. The van der Waals surface area contributed by atoms with E-state index >= 15 is 0 Å². The highest BCUT2D eigenvalue weighted by atomic mass is 32.1. The Bertz CT molecular complexity index is 2750. The van der Waals surface area contributed by atoms with Crippen LogP contribution in [0.4, 0.5) is 17.1 Å². The van der Waals surface area contributed by atoms with Crippen LogP contribution in [0.3, 0.4) is 0 Å². The van der Waals surface area contributed by atoms with Crippen molar-refractivity contribution in [1.82, 2.24) is 4.57 Å². The fourth-order valence-electron chi connectivity index (χ4n) is 7.86. The van der Waals surface area contributed by atoms with Gasteiger partial charge in [-0.3, -0.25) is 0 Å². The Morgan fingerprint density at radius 3 is 2.10 bits per heavy atom. The van der Waals surface area contributed by atoms with Gasteiger partial charge in [-0.2, -0.15) is 0 Å². The van der Waals surface area contributed by atoms with E-state index in [1.807, 2.05) is 11.3 Å². The van der Waals surface area contributed by atoms with Gasteiger partial charge >= 0.3 is 0 Å². The van der Waals surface area contributed by atoms with Gasteiger partial charge in [0.25, 0.3) is 0 Å². The minimum atomic E-state index is 0.252. The van der Waals surface area contributed by atoms with Crippen molar-refractivity contribution >= 4 is 86.7 Å². The maximum atomic E-state index is 2.54. The average Bonchev–Trinajstić information content (AvgIpc) is 3.73. The highest BCUT2D eigenvalue weighted by Crippen LogP contribution is 2.45. The van der Waals surface area contributed by atoms with Gasteiger partial charge < -0.3 is 9.47 Å². The molecule has 2 aromatic heterocycles. The lowest BCUT2D eigenvalue weighted by atomic mass is 9.96. The molecule has 10 rings (SSSR count). The van der Waals surface area contributed by atoms with Crippen LogP contribution in [0.15, 0.2) is 176 Å². The Morgan fingerprint density at radius 2 is 1.27 bits per heavy atom. The van der Waals surface area contributed by atoms with Crippen LogP contribution in [0.5, 0.6) is 0 Å². The summed E-state index contributed by atoms with van der Waals surface area (Å²) in [6.07, 6.45) is 8.06. The monoisotopic (exact) mass is 644 g/mol. The van der Waals surface area contributed by atoms with Gasteiger partial charge in [-0.1, -0.05) is 127 Å². The molecule has 1 aliphatic rings. The summed E-state index contributed by atoms with van der Waals surface area (Å²) in [6.45, 7) is 0. The molecule has 0 fully saturated rings. The molecule has 1 atom stereocenters. The number of aromatic nitrogens is 1. The molecular formula is C46H32N2S. The number of fused-ring (bicyclic) bond motifs is 8. The van der Waals surface area contributed by atoms with Crippen molar-refractivity contribution in [3.8, 4) is 0 Å². The van der Waals surface area contributed by atoms with Crippen molar-refractivity contribution in [1.29, 1.82) is 0 Å². The zero-order valence-corrected chi connectivity index (χ0v) is 27.6. The van der Waals surface area contributed by atoms with Gasteiger partial charge in [0.05, 0.1) is 21.9 Å². The highest BCUT2D eigenvalue weighted by molar-refractivity contribution is 7.26. The molecule has 3 heteroatoms. The van der Waals surface area contributed by atoms with Crippen molar-refractivity contribution in [3.63, 3.8) is 0 Å². The third kappa shape index (κ3) is 4.54. The summed E-state index contributed by atoms with van der Waals surface area (Å²) in [5.74, 6) is 0. The van der Waals surface area contributed by atoms with E-state index in [0.29, 0.717) is 0 Å². The SMILES string of the molecule is C1=CC(n2c3ccccc3c3c4ccccc4ccc32)CC=C1c1ccc(N(c2ccccc2)c2cccc3c2sc2ccccc23)cc1. The maximum absolute atomic E-state index is 2.54. The summed E-state index contributed by atoms with van der Waals surface area (Å²) < 4.78 is 5.16. The van der Waals surface area contributed by atoms with Crippen molar-refractivity contribution < 1.29 is 0 Å². The normalized spacial score (nSPS) is 14.7. The van der Waals surface area contributed by atoms with Crippen molar-refractivity contribution in [2.45, 2.75) is 12.5 Å². The molecule has 7 aromatic carbocycles. The largest absolute Gasteiger partial charge is 0.333 e. The molecular weight excluding hydrogens is 613 g/mol. The zero-order valence-electron chi connectivity index (χ0n) is 26.8. The van der Waals surface area contributed by atoms with Crippen molar-refractivity contribution in [3.05, 3.63) is 182 Å². The van der Waals surface area contributed by atoms with Gasteiger partial charge in [-0.15, -0.1) is 11.3 Å². The Labute approximate surface area is 289 Å². The van der Waals surface area contributed by atoms with E-state index in [1.54, 1.807) is 0 Å². The third-order valence-corrected chi connectivity index (χ3v) is 11.3. The van der Waals surface area contributed by atoms with E-state index in [4.69, 9.17) is 0 Å². The quantitative estimate of drug-likeness (QED) is 0.181. The molecule has 9 aromatic rings. The summed E-state index contributed by atoms with van der Waals surface area (Å²) in [4.78, 5) is 2.40. The molecule has 2 nitrogen and oxygen atoms in total. The lowest BCUT2D eigenvalue weighted by molar-refractivity contribution is 0.649. The number of para-hydroxylation sites is 2. The molecule has 0 amide bonds. The minimum absolute atomic E-state index is 0.252. The Morgan fingerprint density at radius 1 is 0.551 bits per heavy atom. The second kappa shape index (κ2) is 11.4. The molecule has 0 spiro atoms. The Kier molecular flexibility index (Phi) is 6.53. The van der Waals surface area contributed by atoms with Gasteiger partial charge in [0.2, 0.25) is 0 Å².